The molecule has 1 heterocycles. The number of carbonyl (C=O) groups is 1. The Morgan fingerprint density at radius 1 is 1.57 bits per heavy atom. The quantitative estimate of drug-likeness (QED) is 0.639. The topological polar surface area (TPSA) is 52.6 Å². The molecule has 1 aliphatic carbocycles. The summed E-state index contributed by atoms with van der Waals surface area (Å²) in [5, 5.41) is 12.9. The molecular formula is C10H18N2O2. The Morgan fingerprint density at radius 3 is 2.93 bits per heavy atom. The molecule has 0 bridgehead atoms. The molecule has 4 nitrogen and oxygen atoms in total. The molecule has 2 aliphatic rings. The number of aliphatic hydroxyl groups excluding tert-OH is 1. The van der Waals surface area contributed by atoms with Crippen molar-refractivity contribution < 1.29 is 9.90 Å². The van der Waals surface area contributed by atoms with Gasteiger partial charge in [0.1, 0.15) is 0 Å². The van der Waals surface area contributed by atoms with Crippen LogP contribution in [0.2, 0.25) is 0 Å². The van der Waals surface area contributed by atoms with Gasteiger partial charge >= 0.3 is 0 Å². The lowest BCUT2D eigenvalue weighted by atomic mass is 10.3. The van der Waals surface area contributed by atoms with E-state index < -0.39 is 6.10 Å². The van der Waals surface area contributed by atoms with E-state index in [9.17, 15) is 9.90 Å². The molecule has 0 aromatic rings. The molecule has 0 aromatic heterocycles. The van der Waals surface area contributed by atoms with Gasteiger partial charge in [0, 0.05) is 32.1 Å². The van der Waals surface area contributed by atoms with Gasteiger partial charge in [0.15, 0.2) is 0 Å². The second-order valence-electron chi connectivity index (χ2n) is 4.28. The number of hydrogen-bond acceptors (Lipinski definition) is 3. The van der Waals surface area contributed by atoms with Gasteiger partial charge in [0.05, 0.1) is 6.10 Å². The van der Waals surface area contributed by atoms with Crippen LogP contribution in [0.1, 0.15) is 25.7 Å². The van der Waals surface area contributed by atoms with Crippen molar-refractivity contribution in [2.45, 2.75) is 37.8 Å². The molecule has 2 N–H and O–H groups in total. The number of nitrogens with zero attached hydrogens (tertiary/aromatic N) is 1. The van der Waals surface area contributed by atoms with Crippen LogP contribution >= 0.6 is 0 Å². The van der Waals surface area contributed by atoms with Gasteiger partial charge in [-0.15, -0.1) is 0 Å². The van der Waals surface area contributed by atoms with Crippen LogP contribution in [0.15, 0.2) is 0 Å². The fraction of sp³-hybridized carbons (Fsp3) is 0.900. The van der Waals surface area contributed by atoms with Crippen molar-refractivity contribution in [3.8, 4) is 0 Å². The van der Waals surface area contributed by atoms with Gasteiger partial charge in [-0.1, -0.05) is 0 Å². The molecule has 4 heteroatoms. The van der Waals surface area contributed by atoms with Gasteiger partial charge in [0.2, 0.25) is 5.91 Å². The molecule has 1 saturated heterocycles. The summed E-state index contributed by atoms with van der Waals surface area (Å²) in [6.07, 6.45) is 3.66. The molecule has 1 unspecified atom stereocenters. The van der Waals surface area contributed by atoms with Crippen LogP contribution in [-0.2, 0) is 4.79 Å². The zero-order valence-corrected chi connectivity index (χ0v) is 8.41. The summed E-state index contributed by atoms with van der Waals surface area (Å²) in [5.41, 5.74) is 0. The maximum atomic E-state index is 11.3. The first kappa shape index (κ1) is 9.93. The minimum Gasteiger partial charge on any atom is -0.390 e. The van der Waals surface area contributed by atoms with Gasteiger partial charge in [-0.25, -0.2) is 0 Å². The van der Waals surface area contributed by atoms with Crippen molar-refractivity contribution in [2.75, 3.05) is 19.6 Å². The van der Waals surface area contributed by atoms with Crippen molar-refractivity contribution in [1.29, 1.82) is 0 Å². The van der Waals surface area contributed by atoms with Crippen LogP contribution < -0.4 is 5.32 Å². The highest BCUT2D eigenvalue weighted by atomic mass is 16.3. The minimum atomic E-state index is -0.405. The third-order valence-corrected chi connectivity index (χ3v) is 2.82. The summed E-state index contributed by atoms with van der Waals surface area (Å²) in [7, 11) is 0. The maximum absolute atomic E-state index is 11.3. The third kappa shape index (κ3) is 2.69. The molecule has 80 valence electrons. The van der Waals surface area contributed by atoms with Crippen LogP contribution in [0.3, 0.4) is 0 Å². The number of amides is 1. The van der Waals surface area contributed by atoms with Crippen molar-refractivity contribution in [3.05, 3.63) is 0 Å². The highest BCUT2D eigenvalue weighted by molar-refractivity contribution is 5.78. The van der Waals surface area contributed by atoms with Crippen molar-refractivity contribution in [2.24, 2.45) is 0 Å². The summed E-state index contributed by atoms with van der Waals surface area (Å²) in [6, 6.07) is 0.624. The highest BCUT2D eigenvalue weighted by Gasteiger charge is 2.24. The lowest BCUT2D eigenvalue weighted by molar-refractivity contribution is -0.128. The molecule has 1 aliphatic heterocycles. The summed E-state index contributed by atoms with van der Waals surface area (Å²) >= 11 is 0. The van der Waals surface area contributed by atoms with Crippen molar-refractivity contribution in [1.82, 2.24) is 10.2 Å². The first-order valence-corrected chi connectivity index (χ1v) is 5.45. The zero-order chi connectivity index (χ0) is 9.97. The largest absolute Gasteiger partial charge is 0.390 e. The lowest BCUT2D eigenvalue weighted by Crippen LogP contribution is -2.39. The van der Waals surface area contributed by atoms with E-state index in [0.717, 1.165) is 13.0 Å². The smallest absolute Gasteiger partial charge is 0.222 e. The molecule has 1 saturated carbocycles. The average Bonchev–Trinajstić information content (AvgIpc) is 2.90. The summed E-state index contributed by atoms with van der Waals surface area (Å²) in [6.45, 7) is 1.94. The Morgan fingerprint density at radius 2 is 2.36 bits per heavy atom. The Kier molecular flexibility index (Phi) is 3.03. The van der Waals surface area contributed by atoms with E-state index in [0.29, 0.717) is 25.6 Å². The fourth-order valence-corrected chi connectivity index (χ4v) is 1.81. The zero-order valence-electron chi connectivity index (χ0n) is 8.41. The van der Waals surface area contributed by atoms with E-state index in [2.05, 4.69) is 5.32 Å². The predicted octanol–water partition coefficient (Wildman–Crippen LogP) is -0.278. The molecule has 1 amide bonds. The average molecular weight is 198 g/mol. The van der Waals surface area contributed by atoms with E-state index in [1.54, 1.807) is 4.90 Å². The Hall–Kier alpha value is -0.610. The molecule has 0 aromatic carbocycles. The van der Waals surface area contributed by atoms with Crippen molar-refractivity contribution >= 4 is 5.91 Å². The van der Waals surface area contributed by atoms with Gasteiger partial charge < -0.3 is 15.3 Å². The second kappa shape index (κ2) is 4.28. The monoisotopic (exact) mass is 198 g/mol. The fourth-order valence-electron chi connectivity index (χ4n) is 1.81. The standard InChI is InChI=1S/C10H18N2O2/c13-9(6-11-8-3-4-8)7-12-5-1-2-10(12)14/h8-9,11,13H,1-7H2. The van der Waals surface area contributed by atoms with Gasteiger partial charge in [0.25, 0.3) is 0 Å². The Bertz CT molecular complexity index is 216. The van der Waals surface area contributed by atoms with Crippen LogP contribution in [-0.4, -0.2) is 47.7 Å². The van der Waals surface area contributed by atoms with E-state index in [1.165, 1.54) is 12.8 Å². The predicted molar refractivity (Wildman–Crippen MR) is 52.8 cm³/mol. The number of aliphatic hydroxyl groups is 1. The first-order chi connectivity index (χ1) is 6.75. The Balaban J connectivity index is 1.64. The number of carbonyl (C=O) groups excluding carboxylic acids is 1. The molecule has 1 atom stereocenters. The number of β-amino-alcohol motifs (C(OH)–C–C–N with tert-alkyl or cyclic N) is 1. The van der Waals surface area contributed by atoms with Gasteiger partial charge in [-0.05, 0) is 19.3 Å². The molecular weight excluding hydrogens is 180 g/mol. The normalized spacial score (nSPS) is 24.4. The molecule has 2 fully saturated rings. The molecule has 2 rings (SSSR count). The third-order valence-electron chi connectivity index (χ3n) is 2.82. The van der Waals surface area contributed by atoms with Gasteiger partial charge in [-0.3, -0.25) is 4.79 Å². The maximum Gasteiger partial charge on any atom is 0.222 e. The van der Waals surface area contributed by atoms with Crippen LogP contribution in [0.5, 0.6) is 0 Å². The highest BCUT2D eigenvalue weighted by Crippen LogP contribution is 2.18. The Labute approximate surface area is 84.3 Å². The number of hydrogen-bond donors (Lipinski definition) is 2. The summed E-state index contributed by atoms with van der Waals surface area (Å²) < 4.78 is 0. The van der Waals surface area contributed by atoms with Crippen LogP contribution in [0.4, 0.5) is 0 Å². The van der Waals surface area contributed by atoms with Crippen molar-refractivity contribution in [3.63, 3.8) is 0 Å². The summed E-state index contributed by atoms with van der Waals surface area (Å²) in [5.74, 6) is 0.190. The number of rotatable bonds is 5. The number of nitrogens with one attached hydrogen (secondary N) is 1. The van der Waals surface area contributed by atoms with Gasteiger partial charge in [-0.2, -0.15) is 0 Å². The first-order valence-electron chi connectivity index (χ1n) is 5.45. The number of likely N-dealkylation sites (tertiary alicyclic amines) is 1. The second-order valence-corrected chi connectivity index (χ2v) is 4.28. The van der Waals surface area contributed by atoms with E-state index >= 15 is 0 Å². The molecule has 0 radical (unpaired) electrons. The minimum absolute atomic E-state index is 0.190. The van der Waals surface area contributed by atoms with E-state index in [1.807, 2.05) is 0 Å². The molecule has 14 heavy (non-hydrogen) atoms. The summed E-state index contributed by atoms with van der Waals surface area (Å²) in [4.78, 5) is 13.0. The van der Waals surface area contributed by atoms with Crippen LogP contribution in [0.25, 0.3) is 0 Å². The SMILES string of the molecule is O=C1CCCN1CC(O)CNC1CC1. The van der Waals surface area contributed by atoms with Crippen LogP contribution in [0, 0.1) is 0 Å². The molecule has 0 spiro atoms. The lowest BCUT2D eigenvalue weighted by Gasteiger charge is -2.20. The van der Waals surface area contributed by atoms with E-state index in [-0.39, 0.29) is 5.91 Å². The van der Waals surface area contributed by atoms with E-state index in [4.69, 9.17) is 0 Å².